The molecule has 5 nitrogen and oxygen atoms in total. The van der Waals surface area contributed by atoms with Gasteiger partial charge in [0.2, 0.25) is 12.7 Å². The van der Waals surface area contributed by atoms with E-state index in [1.54, 1.807) is 12.1 Å². The first-order valence-corrected chi connectivity index (χ1v) is 7.21. The highest BCUT2D eigenvalue weighted by molar-refractivity contribution is 6.41. The van der Waals surface area contributed by atoms with Crippen LogP contribution in [0.15, 0.2) is 42.5 Å². The maximum atomic E-state index is 12.6. The molecule has 2 heterocycles. The van der Waals surface area contributed by atoms with Crippen LogP contribution in [0.4, 0.5) is 5.69 Å². The molecule has 23 heavy (non-hydrogen) atoms. The van der Waals surface area contributed by atoms with Crippen LogP contribution in [-0.4, -0.2) is 18.6 Å². The van der Waals surface area contributed by atoms with Crippen molar-refractivity contribution in [1.29, 1.82) is 0 Å². The summed E-state index contributed by atoms with van der Waals surface area (Å²) in [6.45, 7) is 1.59. The van der Waals surface area contributed by atoms with Crippen LogP contribution >= 0.6 is 0 Å². The molecule has 0 saturated carbocycles. The third-order valence-corrected chi connectivity index (χ3v) is 3.89. The van der Waals surface area contributed by atoms with Crippen LogP contribution in [-0.2, 0) is 9.59 Å². The third kappa shape index (κ3) is 2.09. The van der Waals surface area contributed by atoms with Crippen molar-refractivity contribution in [3.63, 3.8) is 0 Å². The van der Waals surface area contributed by atoms with Gasteiger partial charge in [0, 0.05) is 12.5 Å². The Morgan fingerprint density at radius 2 is 1.91 bits per heavy atom. The molecule has 0 bridgehead atoms. The van der Waals surface area contributed by atoms with E-state index < -0.39 is 0 Å². The SMILES string of the molecule is CC(=O)N1C(=O)/C(=C\c2ccc3c(c2)OCO3)c2ccccc21. The number of amides is 2. The molecule has 0 aliphatic carbocycles. The second-order valence-corrected chi connectivity index (χ2v) is 5.35. The van der Waals surface area contributed by atoms with Crippen molar-refractivity contribution >= 4 is 29.2 Å². The number of fused-ring (bicyclic) bond motifs is 2. The minimum atomic E-state index is -0.309. The first-order valence-electron chi connectivity index (χ1n) is 7.21. The molecule has 0 N–H and O–H groups in total. The molecule has 114 valence electrons. The molecule has 4 rings (SSSR count). The highest BCUT2D eigenvalue weighted by Crippen LogP contribution is 2.39. The molecular weight excluding hydrogens is 294 g/mol. The molecule has 0 radical (unpaired) electrons. The smallest absolute Gasteiger partial charge is 0.265 e. The molecule has 0 aromatic heterocycles. The van der Waals surface area contributed by atoms with Crippen LogP contribution in [0, 0.1) is 0 Å². The highest BCUT2D eigenvalue weighted by atomic mass is 16.7. The number of imide groups is 1. The summed E-state index contributed by atoms with van der Waals surface area (Å²) in [5.74, 6) is 0.741. The average molecular weight is 307 g/mol. The maximum Gasteiger partial charge on any atom is 0.265 e. The van der Waals surface area contributed by atoms with Gasteiger partial charge in [-0.15, -0.1) is 0 Å². The van der Waals surface area contributed by atoms with E-state index in [4.69, 9.17) is 9.47 Å². The fraction of sp³-hybridized carbons (Fsp3) is 0.111. The quantitative estimate of drug-likeness (QED) is 0.760. The third-order valence-electron chi connectivity index (χ3n) is 3.89. The number of carbonyl (C=O) groups is 2. The second kappa shape index (κ2) is 4.98. The lowest BCUT2D eigenvalue weighted by Gasteiger charge is -2.11. The van der Waals surface area contributed by atoms with E-state index in [0.29, 0.717) is 22.8 Å². The zero-order valence-corrected chi connectivity index (χ0v) is 12.4. The lowest BCUT2D eigenvalue weighted by Crippen LogP contribution is -2.30. The predicted octanol–water partition coefficient (Wildman–Crippen LogP) is 2.85. The van der Waals surface area contributed by atoms with Gasteiger partial charge in [-0.25, -0.2) is 4.90 Å². The molecule has 2 aliphatic rings. The van der Waals surface area contributed by atoms with Crippen molar-refractivity contribution < 1.29 is 19.1 Å². The number of carbonyl (C=O) groups excluding carboxylic acids is 2. The number of anilines is 1. The normalized spacial score (nSPS) is 16.8. The first kappa shape index (κ1) is 13.6. The Hall–Kier alpha value is -3.08. The molecule has 5 heteroatoms. The Kier molecular flexibility index (Phi) is 2.94. The fourth-order valence-corrected chi connectivity index (χ4v) is 2.86. The monoisotopic (exact) mass is 307 g/mol. The van der Waals surface area contributed by atoms with Gasteiger partial charge in [-0.05, 0) is 29.8 Å². The van der Waals surface area contributed by atoms with Gasteiger partial charge in [0.15, 0.2) is 11.5 Å². The number of hydrogen-bond acceptors (Lipinski definition) is 4. The van der Waals surface area contributed by atoms with Gasteiger partial charge in [0.1, 0.15) is 0 Å². The summed E-state index contributed by atoms with van der Waals surface area (Å²) < 4.78 is 10.6. The summed E-state index contributed by atoms with van der Waals surface area (Å²) in [5, 5.41) is 0. The van der Waals surface area contributed by atoms with E-state index in [-0.39, 0.29) is 18.6 Å². The van der Waals surface area contributed by atoms with Crippen molar-refractivity contribution in [2.24, 2.45) is 0 Å². The van der Waals surface area contributed by atoms with Gasteiger partial charge in [0.05, 0.1) is 11.3 Å². The van der Waals surface area contributed by atoms with Gasteiger partial charge < -0.3 is 9.47 Å². The molecule has 2 aromatic rings. The molecular formula is C18H13NO4. The number of nitrogens with zero attached hydrogens (tertiary/aromatic N) is 1. The van der Waals surface area contributed by atoms with E-state index in [9.17, 15) is 9.59 Å². The lowest BCUT2D eigenvalue weighted by atomic mass is 10.0. The predicted molar refractivity (Wildman–Crippen MR) is 85.0 cm³/mol. The molecule has 2 aliphatic heterocycles. The van der Waals surface area contributed by atoms with E-state index in [0.717, 1.165) is 11.1 Å². The van der Waals surface area contributed by atoms with Crippen molar-refractivity contribution in [1.82, 2.24) is 0 Å². The van der Waals surface area contributed by atoms with E-state index in [1.807, 2.05) is 36.4 Å². The van der Waals surface area contributed by atoms with Crippen LogP contribution in [0.25, 0.3) is 11.6 Å². The van der Waals surface area contributed by atoms with Gasteiger partial charge in [-0.3, -0.25) is 9.59 Å². The summed E-state index contributed by atoms with van der Waals surface area (Å²) in [6, 6.07) is 12.8. The van der Waals surface area contributed by atoms with Crippen LogP contribution in [0.5, 0.6) is 11.5 Å². The van der Waals surface area contributed by atoms with Crippen molar-refractivity contribution in [3.8, 4) is 11.5 Å². The van der Waals surface area contributed by atoms with E-state index in [1.165, 1.54) is 11.8 Å². The van der Waals surface area contributed by atoms with Crippen LogP contribution in [0.2, 0.25) is 0 Å². The number of hydrogen-bond donors (Lipinski definition) is 0. The summed E-state index contributed by atoms with van der Waals surface area (Å²) in [7, 11) is 0. The largest absolute Gasteiger partial charge is 0.454 e. The van der Waals surface area contributed by atoms with Crippen molar-refractivity contribution in [2.75, 3.05) is 11.7 Å². The van der Waals surface area contributed by atoms with Gasteiger partial charge in [-0.2, -0.15) is 0 Å². The summed E-state index contributed by atoms with van der Waals surface area (Å²) in [6.07, 6.45) is 1.77. The zero-order valence-electron chi connectivity index (χ0n) is 12.4. The molecule has 0 spiro atoms. The van der Waals surface area contributed by atoms with E-state index >= 15 is 0 Å². The minimum absolute atomic E-state index is 0.204. The number of ether oxygens (including phenoxy) is 2. The Morgan fingerprint density at radius 3 is 2.74 bits per heavy atom. The molecule has 2 aromatic carbocycles. The van der Waals surface area contributed by atoms with Crippen LogP contribution in [0.1, 0.15) is 18.1 Å². The molecule has 2 amide bonds. The standard InChI is InChI=1S/C18H13NO4/c1-11(20)19-15-5-3-2-4-13(15)14(18(19)21)8-12-6-7-16-17(9-12)23-10-22-16/h2-9H,10H2,1H3/b14-8-. The van der Waals surface area contributed by atoms with Crippen molar-refractivity contribution in [2.45, 2.75) is 6.92 Å². The van der Waals surface area contributed by atoms with Crippen LogP contribution < -0.4 is 14.4 Å². The zero-order chi connectivity index (χ0) is 16.0. The second-order valence-electron chi connectivity index (χ2n) is 5.35. The Morgan fingerprint density at radius 1 is 1.13 bits per heavy atom. The van der Waals surface area contributed by atoms with Gasteiger partial charge >= 0.3 is 0 Å². The summed E-state index contributed by atoms with van der Waals surface area (Å²) >= 11 is 0. The molecule has 0 atom stereocenters. The van der Waals surface area contributed by atoms with Gasteiger partial charge in [-0.1, -0.05) is 24.3 Å². The number of benzene rings is 2. The number of para-hydroxylation sites is 1. The average Bonchev–Trinajstić information content (AvgIpc) is 3.10. The Bertz CT molecular complexity index is 869. The van der Waals surface area contributed by atoms with E-state index in [2.05, 4.69) is 0 Å². The molecule has 0 unspecified atom stereocenters. The highest BCUT2D eigenvalue weighted by Gasteiger charge is 2.34. The maximum absolute atomic E-state index is 12.6. The Balaban J connectivity index is 1.82. The minimum Gasteiger partial charge on any atom is -0.454 e. The van der Waals surface area contributed by atoms with Crippen LogP contribution in [0.3, 0.4) is 0 Å². The molecule has 0 saturated heterocycles. The number of rotatable bonds is 1. The lowest BCUT2D eigenvalue weighted by molar-refractivity contribution is -0.122. The summed E-state index contributed by atoms with van der Waals surface area (Å²) in [5.41, 5.74) is 2.69. The first-order chi connectivity index (χ1) is 11.1. The Labute approximate surface area is 132 Å². The van der Waals surface area contributed by atoms with Crippen molar-refractivity contribution in [3.05, 3.63) is 53.6 Å². The topological polar surface area (TPSA) is 55.8 Å². The molecule has 0 fully saturated rings. The fourth-order valence-electron chi connectivity index (χ4n) is 2.86. The van der Waals surface area contributed by atoms with Gasteiger partial charge in [0.25, 0.3) is 5.91 Å². The summed E-state index contributed by atoms with van der Waals surface area (Å²) in [4.78, 5) is 25.6.